The third-order valence-electron chi connectivity index (χ3n) is 3.28. The number of carbonyl (C=O) groups excluding carboxylic acids is 1. The van der Waals surface area contributed by atoms with Crippen molar-refractivity contribution in [2.75, 3.05) is 18.9 Å². The van der Waals surface area contributed by atoms with Crippen molar-refractivity contribution in [3.05, 3.63) is 28.8 Å². The number of anilines is 1. The summed E-state index contributed by atoms with van der Waals surface area (Å²) < 4.78 is 5.67. The van der Waals surface area contributed by atoms with Crippen LogP contribution in [0.25, 0.3) is 0 Å². The first-order chi connectivity index (χ1) is 9.16. The Morgan fingerprint density at radius 1 is 1.40 bits per heavy atom. The van der Waals surface area contributed by atoms with E-state index in [4.69, 9.17) is 22.1 Å². The summed E-state index contributed by atoms with van der Waals surface area (Å²) in [5.41, 5.74) is 6.57. The monoisotopic (exact) mass is 318 g/mol. The number of rotatable bonds is 5. The van der Waals surface area contributed by atoms with Crippen LogP contribution in [0.2, 0.25) is 5.02 Å². The lowest BCUT2D eigenvalue weighted by Crippen LogP contribution is -2.28. The van der Waals surface area contributed by atoms with Gasteiger partial charge < -0.3 is 15.8 Å². The van der Waals surface area contributed by atoms with Crippen molar-refractivity contribution in [1.29, 1.82) is 0 Å². The molecule has 0 unspecified atom stereocenters. The Hall–Kier alpha value is -0.970. The summed E-state index contributed by atoms with van der Waals surface area (Å²) in [4.78, 5) is 11.9. The van der Waals surface area contributed by atoms with Gasteiger partial charge in [-0.3, -0.25) is 4.79 Å². The van der Waals surface area contributed by atoms with Gasteiger partial charge in [0.25, 0.3) is 5.91 Å². The largest absolute Gasteiger partial charge is 0.399 e. The highest BCUT2D eigenvalue weighted by Gasteiger charge is 2.15. The molecule has 0 aliphatic heterocycles. The van der Waals surface area contributed by atoms with Crippen molar-refractivity contribution in [1.82, 2.24) is 5.32 Å². The van der Waals surface area contributed by atoms with Gasteiger partial charge in [0.2, 0.25) is 0 Å². The Morgan fingerprint density at radius 2 is 2.10 bits per heavy atom. The third kappa shape index (κ3) is 4.85. The first-order valence-corrected chi connectivity index (χ1v) is 6.99. The van der Waals surface area contributed by atoms with Gasteiger partial charge >= 0.3 is 0 Å². The summed E-state index contributed by atoms with van der Waals surface area (Å²) in [6, 6.07) is 4.87. The Balaban J connectivity index is 0.00000200. The topological polar surface area (TPSA) is 64.4 Å². The van der Waals surface area contributed by atoms with E-state index in [1.54, 1.807) is 18.2 Å². The fourth-order valence-electron chi connectivity index (χ4n) is 2.26. The quantitative estimate of drug-likeness (QED) is 0.648. The Morgan fingerprint density at radius 3 is 2.75 bits per heavy atom. The number of ether oxygens (including phenoxy) is 1. The molecule has 1 aromatic rings. The molecule has 0 saturated heterocycles. The molecule has 6 heteroatoms. The van der Waals surface area contributed by atoms with Gasteiger partial charge in [0.1, 0.15) is 0 Å². The molecule has 1 aliphatic carbocycles. The predicted octanol–water partition coefficient (Wildman–Crippen LogP) is 3.03. The molecule has 0 spiro atoms. The van der Waals surface area contributed by atoms with Crippen LogP contribution in [0.5, 0.6) is 0 Å². The number of nitrogens with one attached hydrogen (secondary N) is 1. The van der Waals surface area contributed by atoms with Crippen LogP contribution in [0, 0.1) is 0 Å². The Kier molecular flexibility index (Phi) is 7.13. The lowest BCUT2D eigenvalue weighted by atomic mass is 10.2. The van der Waals surface area contributed by atoms with Crippen molar-refractivity contribution in [3.8, 4) is 0 Å². The molecule has 112 valence electrons. The molecule has 0 radical (unpaired) electrons. The van der Waals surface area contributed by atoms with Gasteiger partial charge in [0, 0.05) is 12.2 Å². The molecule has 0 bridgehead atoms. The maximum absolute atomic E-state index is 11.9. The summed E-state index contributed by atoms with van der Waals surface area (Å²) in [7, 11) is 0. The molecule has 1 aromatic carbocycles. The number of benzene rings is 1. The van der Waals surface area contributed by atoms with Crippen LogP contribution in [0.1, 0.15) is 36.0 Å². The van der Waals surface area contributed by atoms with Crippen LogP contribution in [0.3, 0.4) is 0 Å². The molecule has 0 aromatic heterocycles. The van der Waals surface area contributed by atoms with Crippen LogP contribution in [0.4, 0.5) is 5.69 Å². The maximum Gasteiger partial charge on any atom is 0.252 e. The van der Waals surface area contributed by atoms with Gasteiger partial charge in [0.15, 0.2) is 0 Å². The minimum atomic E-state index is -0.194. The summed E-state index contributed by atoms with van der Waals surface area (Å²) in [6.07, 6.45) is 5.14. The highest BCUT2D eigenvalue weighted by Crippen LogP contribution is 2.21. The van der Waals surface area contributed by atoms with Crippen molar-refractivity contribution < 1.29 is 9.53 Å². The van der Waals surface area contributed by atoms with Gasteiger partial charge in [0.05, 0.1) is 23.3 Å². The first kappa shape index (κ1) is 17.1. The van der Waals surface area contributed by atoms with Crippen molar-refractivity contribution in [3.63, 3.8) is 0 Å². The molecule has 0 heterocycles. The molecular weight excluding hydrogens is 299 g/mol. The highest BCUT2D eigenvalue weighted by atomic mass is 35.5. The number of carbonyl (C=O) groups is 1. The lowest BCUT2D eigenvalue weighted by molar-refractivity contribution is 0.0582. The molecule has 2 rings (SSSR count). The molecule has 20 heavy (non-hydrogen) atoms. The van der Waals surface area contributed by atoms with Gasteiger partial charge in [-0.2, -0.15) is 0 Å². The molecule has 0 atom stereocenters. The van der Waals surface area contributed by atoms with Crippen molar-refractivity contribution in [2.45, 2.75) is 31.8 Å². The number of nitrogens with two attached hydrogens (primary N) is 1. The Bertz CT molecular complexity index is 449. The zero-order valence-corrected chi connectivity index (χ0v) is 12.8. The number of amides is 1. The summed E-state index contributed by atoms with van der Waals surface area (Å²) >= 11 is 5.97. The lowest BCUT2D eigenvalue weighted by Gasteiger charge is -2.12. The van der Waals surface area contributed by atoms with Crippen molar-refractivity contribution >= 4 is 35.6 Å². The zero-order valence-electron chi connectivity index (χ0n) is 11.2. The van der Waals surface area contributed by atoms with Crippen LogP contribution >= 0.6 is 24.0 Å². The first-order valence-electron chi connectivity index (χ1n) is 6.61. The summed E-state index contributed by atoms with van der Waals surface area (Å²) in [5.74, 6) is -0.194. The maximum atomic E-state index is 11.9. The van der Waals surface area contributed by atoms with E-state index in [1.165, 1.54) is 12.8 Å². The number of hydrogen-bond donors (Lipinski definition) is 2. The van der Waals surface area contributed by atoms with Crippen LogP contribution in [-0.2, 0) is 4.74 Å². The molecule has 1 saturated carbocycles. The van der Waals surface area contributed by atoms with E-state index in [2.05, 4.69) is 5.32 Å². The van der Waals surface area contributed by atoms with E-state index >= 15 is 0 Å². The summed E-state index contributed by atoms with van der Waals surface area (Å²) in [6.45, 7) is 1.04. The molecule has 3 N–H and O–H groups in total. The van der Waals surface area contributed by atoms with E-state index in [9.17, 15) is 4.79 Å². The average molecular weight is 319 g/mol. The number of hydrogen-bond acceptors (Lipinski definition) is 3. The second-order valence-corrected chi connectivity index (χ2v) is 5.18. The van der Waals surface area contributed by atoms with E-state index in [1.807, 2.05) is 0 Å². The minimum Gasteiger partial charge on any atom is -0.399 e. The standard InChI is InChI=1S/C14H19ClN2O2.ClH/c15-13-9-10(16)5-6-12(13)14(18)17-7-8-19-11-3-1-2-4-11;/h5-6,9,11H,1-4,7-8,16H2,(H,17,18);1H. The van der Waals surface area contributed by atoms with E-state index in [-0.39, 0.29) is 18.3 Å². The minimum absolute atomic E-state index is 0. The second kappa shape index (κ2) is 8.35. The number of halogens is 2. The summed E-state index contributed by atoms with van der Waals surface area (Å²) in [5, 5.41) is 3.16. The van der Waals surface area contributed by atoms with Crippen LogP contribution in [-0.4, -0.2) is 25.2 Å². The normalized spacial score (nSPS) is 14.8. The fraction of sp³-hybridized carbons (Fsp3) is 0.500. The van der Waals surface area contributed by atoms with Gasteiger partial charge in [-0.05, 0) is 31.0 Å². The fourth-order valence-corrected chi connectivity index (χ4v) is 2.53. The van der Waals surface area contributed by atoms with E-state index < -0.39 is 0 Å². The molecule has 1 fully saturated rings. The van der Waals surface area contributed by atoms with Gasteiger partial charge in [-0.15, -0.1) is 12.4 Å². The van der Waals surface area contributed by atoms with E-state index in [0.29, 0.717) is 35.5 Å². The van der Waals surface area contributed by atoms with Crippen molar-refractivity contribution in [2.24, 2.45) is 0 Å². The van der Waals surface area contributed by atoms with Crippen LogP contribution < -0.4 is 11.1 Å². The Labute approximate surface area is 130 Å². The van der Waals surface area contributed by atoms with E-state index in [0.717, 1.165) is 12.8 Å². The predicted molar refractivity (Wildman–Crippen MR) is 83.7 cm³/mol. The smallest absolute Gasteiger partial charge is 0.252 e. The van der Waals surface area contributed by atoms with Crippen LogP contribution in [0.15, 0.2) is 18.2 Å². The average Bonchev–Trinajstić information content (AvgIpc) is 2.87. The second-order valence-electron chi connectivity index (χ2n) is 4.77. The third-order valence-corrected chi connectivity index (χ3v) is 3.59. The molecule has 1 amide bonds. The molecule has 1 aliphatic rings. The van der Waals surface area contributed by atoms with Gasteiger partial charge in [-0.1, -0.05) is 24.4 Å². The molecular formula is C14H20Cl2N2O2. The zero-order chi connectivity index (χ0) is 13.7. The SMILES string of the molecule is Cl.Nc1ccc(C(=O)NCCOC2CCCC2)c(Cl)c1. The molecule has 4 nitrogen and oxygen atoms in total. The highest BCUT2D eigenvalue weighted by molar-refractivity contribution is 6.34. The van der Waals surface area contributed by atoms with Gasteiger partial charge in [-0.25, -0.2) is 0 Å². The number of nitrogen functional groups attached to an aromatic ring is 1.